The van der Waals surface area contributed by atoms with Crippen LogP contribution >= 0.6 is 0 Å². The largest absolute Gasteiger partial charge is 0.469 e. The van der Waals surface area contributed by atoms with E-state index in [4.69, 9.17) is 4.74 Å². The van der Waals surface area contributed by atoms with Crippen LogP contribution in [0.3, 0.4) is 0 Å². The van der Waals surface area contributed by atoms with E-state index in [9.17, 15) is 9.18 Å². The van der Waals surface area contributed by atoms with Gasteiger partial charge in [0.25, 0.3) is 0 Å². The van der Waals surface area contributed by atoms with E-state index in [1.807, 2.05) is 13.8 Å². The Morgan fingerprint density at radius 3 is 2.50 bits per heavy atom. The van der Waals surface area contributed by atoms with Crippen molar-refractivity contribution in [2.24, 2.45) is 5.41 Å². The van der Waals surface area contributed by atoms with Gasteiger partial charge in [0.05, 0.1) is 12.5 Å². The minimum Gasteiger partial charge on any atom is -0.469 e. The van der Waals surface area contributed by atoms with Gasteiger partial charge in [0.1, 0.15) is 5.82 Å². The first-order chi connectivity index (χ1) is 8.45. The maximum absolute atomic E-state index is 12.7. The second-order valence-corrected chi connectivity index (χ2v) is 4.93. The van der Waals surface area contributed by atoms with Gasteiger partial charge in [0, 0.05) is 6.54 Å². The molecule has 0 aliphatic carbocycles. The predicted molar refractivity (Wildman–Crippen MR) is 68.8 cm³/mol. The zero-order valence-corrected chi connectivity index (χ0v) is 11.1. The Balaban J connectivity index is 2.30. The summed E-state index contributed by atoms with van der Waals surface area (Å²) in [5, 5.41) is 3.21. The van der Waals surface area contributed by atoms with Crippen LogP contribution in [0.2, 0.25) is 0 Å². The number of carbonyl (C=O) groups excluding carboxylic acids is 1. The molecule has 0 amide bonds. The number of benzene rings is 1. The van der Waals surface area contributed by atoms with Crippen LogP contribution in [0.15, 0.2) is 24.3 Å². The predicted octanol–water partition coefficient (Wildman–Crippen LogP) is 2.16. The van der Waals surface area contributed by atoms with Crippen molar-refractivity contribution in [1.29, 1.82) is 0 Å². The van der Waals surface area contributed by atoms with Crippen LogP contribution in [-0.2, 0) is 16.0 Å². The molecule has 0 aliphatic rings. The van der Waals surface area contributed by atoms with Gasteiger partial charge in [-0.3, -0.25) is 4.79 Å². The van der Waals surface area contributed by atoms with Crippen molar-refractivity contribution >= 4 is 5.97 Å². The Morgan fingerprint density at radius 2 is 1.94 bits per heavy atom. The lowest BCUT2D eigenvalue weighted by Crippen LogP contribution is -2.37. The van der Waals surface area contributed by atoms with Crippen LogP contribution in [0.1, 0.15) is 19.4 Å². The SMILES string of the molecule is COC(=O)C(C)(C)CNCCc1ccc(F)cc1. The van der Waals surface area contributed by atoms with Crippen molar-refractivity contribution < 1.29 is 13.9 Å². The Morgan fingerprint density at radius 1 is 1.33 bits per heavy atom. The van der Waals surface area contributed by atoms with Gasteiger partial charge in [-0.2, -0.15) is 0 Å². The van der Waals surface area contributed by atoms with E-state index < -0.39 is 5.41 Å². The van der Waals surface area contributed by atoms with Crippen LogP contribution in [0, 0.1) is 11.2 Å². The molecule has 0 fully saturated rings. The van der Waals surface area contributed by atoms with E-state index in [-0.39, 0.29) is 11.8 Å². The second kappa shape index (κ2) is 6.50. The lowest BCUT2D eigenvalue weighted by molar-refractivity contribution is -0.150. The van der Waals surface area contributed by atoms with E-state index in [0.29, 0.717) is 6.54 Å². The third-order valence-electron chi connectivity index (χ3n) is 2.81. The number of esters is 1. The highest BCUT2D eigenvalue weighted by atomic mass is 19.1. The molecule has 0 radical (unpaired) electrons. The average Bonchev–Trinajstić information content (AvgIpc) is 2.35. The number of halogens is 1. The Hall–Kier alpha value is -1.42. The van der Waals surface area contributed by atoms with E-state index in [1.54, 1.807) is 12.1 Å². The highest BCUT2D eigenvalue weighted by molar-refractivity contribution is 5.76. The molecule has 1 aromatic carbocycles. The molecular weight excluding hydrogens is 233 g/mol. The van der Waals surface area contributed by atoms with Gasteiger partial charge in [-0.25, -0.2) is 4.39 Å². The summed E-state index contributed by atoms with van der Waals surface area (Å²) in [6, 6.07) is 6.44. The first-order valence-electron chi connectivity index (χ1n) is 5.99. The quantitative estimate of drug-likeness (QED) is 0.623. The van der Waals surface area contributed by atoms with Crippen molar-refractivity contribution in [2.45, 2.75) is 20.3 Å². The van der Waals surface area contributed by atoms with Gasteiger partial charge in [-0.1, -0.05) is 12.1 Å². The van der Waals surface area contributed by atoms with Crippen molar-refractivity contribution in [3.8, 4) is 0 Å². The summed E-state index contributed by atoms with van der Waals surface area (Å²) in [5.74, 6) is -0.449. The highest BCUT2D eigenvalue weighted by Crippen LogP contribution is 2.15. The van der Waals surface area contributed by atoms with Gasteiger partial charge in [0.15, 0.2) is 0 Å². The summed E-state index contributed by atoms with van der Waals surface area (Å²) in [7, 11) is 1.39. The number of ether oxygens (including phenoxy) is 1. The van der Waals surface area contributed by atoms with Crippen LogP contribution < -0.4 is 5.32 Å². The van der Waals surface area contributed by atoms with Gasteiger partial charge in [-0.15, -0.1) is 0 Å². The van der Waals surface area contributed by atoms with Gasteiger partial charge < -0.3 is 10.1 Å². The Kier molecular flexibility index (Phi) is 5.28. The summed E-state index contributed by atoms with van der Waals surface area (Å²) < 4.78 is 17.4. The summed E-state index contributed by atoms with van der Waals surface area (Å²) in [5.41, 5.74) is 0.539. The number of nitrogens with one attached hydrogen (secondary N) is 1. The minimum absolute atomic E-state index is 0.224. The monoisotopic (exact) mass is 253 g/mol. The summed E-state index contributed by atoms with van der Waals surface area (Å²) in [6.07, 6.45) is 0.803. The molecule has 4 heteroatoms. The minimum atomic E-state index is -0.530. The molecule has 18 heavy (non-hydrogen) atoms. The maximum Gasteiger partial charge on any atom is 0.312 e. The van der Waals surface area contributed by atoms with Crippen LogP contribution in [0.4, 0.5) is 4.39 Å². The molecule has 0 atom stereocenters. The van der Waals surface area contributed by atoms with Crippen LogP contribution in [0.25, 0.3) is 0 Å². The molecule has 0 saturated heterocycles. The molecule has 100 valence electrons. The van der Waals surface area contributed by atoms with E-state index >= 15 is 0 Å². The van der Waals surface area contributed by atoms with E-state index in [1.165, 1.54) is 19.2 Å². The molecule has 0 bridgehead atoms. The third kappa shape index (κ3) is 4.45. The zero-order valence-electron chi connectivity index (χ0n) is 11.1. The number of methoxy groups -OCH3 is 1. The van der Waals surface area contributed by atoms with Gasteiger partial charge >= 0.3 is 5.97 Å². The smallest absolute Gasteiger partial charge is 0.312 e. The molecule has 0 saturated carbocycles. The summed E-state index contributed by atoms with van der Waals surface area (Å²) in [4.78, 5) is 11.4. The van der Waals surface area contributed by atoms with Gasteiger partial charge in [0.2, 0.25) is 0 Å². The van der Waals surface area contributed by atoms with Crippen LogP contribution in [0.5, 0.6) is 0 Å². The first kappa shape index (κ1) is 14.6. The molecule has 3 nitrogen and oxygen atoms in total. The standard InChI is InChI=1S/C14H20FNO2/c1-14(2,13(17)18-3)10-16-9-8-11-4-6-12(15)7-5-11/h4-7,16H,8-10H2,1-3H3. The number of rotatable bonds is 6. The molecule has 0 aliphatic heterocycles. The average molecular weight is 253 g/mol. The highest BCUT2D eigenvalue weighted by Gasteiger charge is 2.27. The molecule has 0 spiro atoms. The van der Waals surface area contributed by atoms with Gasteiger partial charge in [-0.05, 0) is 44.5 Å². The Labute approximate surface area is 107 Å². The molecule has 0 aromatic heterocycles. The third-order valence-corrected chi connectivity index (χ3v) is 2.81. The van der Waals surface area contributed by atoms with Crippen molar-refractivity contribution in [1.82, 2.24) is 5.32 Å². The fraction of sp³-hybridized carbons (Fsp3) is 0.500. The molecule has 1 N–H and O–H groups in total. The maximum atomic E-state index is 12.7. The topological polar surface area (TPSA) is 38.3 Å². The lowest BCUT2D eigenvalue weighted by Gasteiger charge is -2.21. The fourth-order valence-electron chi connectivity index (χ4n) is 1.63. The van der Waals surface area contributed by atoms with Crippen LogP contribution in [-0.4, -0.2) is 26.2 Å². The number of carbonyl (C=O) groups is 1. The molecule has 1 rings (SSSR count). The number of hydrogen-bond donors (Lipinski definition) is 1. The molecule has 1 aromatic rings. The Bertz CT molecular complexity index is 387. The van der Waals surface area contributed by atoms with Crippen molar-refractivity contribution in [3.63, 3.8) is 0 Å². The summed E-state index contributed by atoms with van der Waals surface area (Å²) >= 11 is 0. The van der Waals surface area contributed by atoms with E-state index in [0.717, 1.165) is 18.5 Å². The fourth-order valence-corrected chi connectivity index (χ4v) is 1.63. The lowest BCUT2D eigenvalue weighted by atomic mass is 9.94. The molecule has 0 heterocycles. The summed E-state index contributed by atoms with van der Waals surface area (Å²) in [6.45, 7) is 4.97. The normalized spacial score (nSPS) is 11.3. The molecular formula is C14H20FNO2. The zero-order chi connectivity index (χ0) is 13.6. The number of hydrogen-bond acceptors (Lipinski definition) is 3. The second-order valence-electron chi connectivity index (χ2n) is 4.93. The van der Waals surface area contributed by atoms with E-state index in [2.05, 4.69) is 5.32 Å². The van der Waals surface area contributed by atoms with Crippen molar-refractivity contribution in [2.75, 3.05) is 20.2 Å². The first-order valence-corrected chi connectivity index (χ1v) is 5.99. The van der Waals surface area contributed by atoms with Crippen molar-refractivity contribution in [3.05, 3.63) is 35.6 Å². The molecule has 0 unspecified atom stereocenters.